The van der Waals surface area contributed by atoms with E-state index in [2.05, 4.69) is 35.4 Å². The van der Waals surface area contributed by atoms with E-state index in [-0.39, 0.29) is 0 Å². The average Bonchev–Trinajstić information content (AvgIpc) is 2.49. The Morgan fingerprint density at radius 3 is 2.40 bits per heavy atom. The van der Waals surface area contributed by atoms with Crippen LogP contribution in [-0.2, 0) is 19.6 Å². The minimum atomic E-state index is 0.507. The molecule has 0 fully saturated rings. The molecule has 0 amide bonds. The maximum absolute atomic E-state index is 5.75. The first kappa shape index (κ1) is 14.5. The molecular formula is C17H22N2O. The van der Waals surface area contributed by atoms with Crippen LogP contribution in [0.1, 0.15) is 30.2 Å². The molecule has 0 aliphatic carbocycles. The highest BCUT2D eigenvalue weighted by Gasteiger charge is 1.99. The Kier molecular flexibility index (Phi) is 5.56. The van der Waals surface area contributed by atoms with E-state index in [9.17, 15) is 0 Å². The maximum Gasteiger partial charge on any atom is 0.130 e. The monoisotopic (exact) mass is 270 g/mol. The summed E-state index contributed by atoms with van der Waals surface area (Å²) in [6.45, 7) is 3.54. The Morgan fingerprint density at radius 2 is 1.80 bits per heavy atom. The molecule has 0 aliphatic heterocycles. The number of nitrogens with one attached hydrogen (secondary N) is 1. The molecule has 2 aromatic rings. The van der Waals surface area contributed by atoms with Gasteiger partial charge in [0.15, 0.2) is 0 Å². The predicted octanol–water partition coefficient (Wildman–Crippen LogP) is 3.33. The SMILES string of the molecule is CCCc1ccc(OCc2ccc(CNC)cn2)cc1. The van der Waals surface area contributed by atoms with Gasteiger partial charge in [-0.15, -0.1) is 0 Å². The largest absolute Gasteiger partial charge is 0.487 e. The number of hydrogen-bond donors (Lipinski definition) is 1. The standard InChI is InChI=1S/C17H22N2O/c1-3-4-14-6-9-17(10-7-14)20-13-16-8-5-15(11-18-2)12-19-16/h5-10,12,18H,3-4,11,13H2,1-2H3. The fraction of sp³-hybridized carbons (Fsp3) is 0.353. The molecule has 106 valence electrons. The van der Waals surface area contributed by atoms with Crippen LogP contribution in [0.4, 0.5) is 0 Å². The van der Waals surface area contributed by atoms with Gasteiger partial charge >= 0.3 is 0 Å². The number of nitrogens with zero attached hydrogens (tertiary/aromatic N) is 1. The van der Waals surface area contributed by atoms with E-state index in [4.69, 9.17) is 4.74 Å². The Labute approximate surface area is 121 Å². The third kappa shape index (κ3) is 4.35. The molecule has 0 saturated heterocycles. The van der Waals surface area contributed by atoms with E-state index in [0.29, 0.717) is 6.61 Å². The lowest BCUT2D eigenvalue weighted by Gasteiger charge is -2.07. The lowest BCUT2D eigenvalue weighted by molar-refractivity contribution is 0.301. The van der Waals surface area contributed by atoms with Crippen LogP contribution in [0.25, 0.3) is 0 Å². The van der Waals surface area contributed by atoms with Crippen molar-refractivity contribution in [2.75, 3.05) is 7.05 Å². The van der Waals surface area contributed by atoms with Gasteiger partial charge in [-0.25, -0.2) is 0 Å². The summed E-state index contributed by atoms with van der Waals surface area (Å²) >= 11 is 0. The van der Waals surface area contributed by atoms with Gasteiger partial charge in [0.05, 0.1) is 5.69 Å². The molecule has 1 aromatic carbocycles. The zero-order chi connectivity index (χ0) is 14.2. The van der Waals surface area contributed by atoms with Crippen molar-refractivity contribution < 1.29 is 4.74 Å². The van der Waals surface area contributed by atoms with Gasteiger partial charge in [0.25, 0.3) is 0 Å². The second-order valence-corrected chi connectivity index (χ2v) is 4.87. The molecule has 0 bridgehead atoms. The highest BCUT2D eigenvalue weighted by Crippen LogP contribution is 2.14. The van der Waals surface area contributed by atoms with Gasteiger partial charge in [0.2, 0.25) is 0 Å². The van der Waals surface area contributed by atoms with Gasteiger partial charge in [-0.05, 0) is 42.8 Å². The summed E-state index contributed by atoms with van der Waals surface area (Å²) in [5, 5.41) is 3.11. The number of benzene rings is 1. The Morgan fingerprint density at radius 1 is 1.05 bits per heavy atom. The number of hydrogen-bond acceptors (Lipinski definition) is 3. The highest BCUT2D eigenvalue weighted by molar-refractivity contribution is 5.27. The number of aryl methyl sites for hydroxylation is 1. The summed E-state index contributed by atoms with van der Waals surface area (Å²) in [5.41, 5.74) is 3.48. The second kappa shape index (κ2) is 7.65. The van der Waals surface area contributed by atoms with Crippen LogP contribution in [-0.4, -0.2) is 12.0 Å². The molecular weight excluding hydrogens is 248 g/mol. The van der Waals surface area contributed by atoms with Crippen molar-refractivity contribution in [2.24, 2.45) is 0 Å². The van der Waals surface area contributed by atoms with Crippen molar-refractivity contribution in [1.29, 1.82) is 0 Å². The van der Waals surface area contributed by atoms with E-state index in [1.165, 1.54) is 17.5 Å². The van der Waals surface area contributed by atoms with Crippen LogP contribution in [0.5, 0.6) is 5.75 Å². The second-order valence-electron chi connectivity index (χ2n) is 4.87. The quantitative estimate of drug-likeness (QED) is 0.838. The van der Waals surface area contributed by atoms with Crippen molar-refractivity contribution in [3.63, 3.8) is 0 Å². The van der Waals surface area contributed by atoms with Crippen LogP contribution < -0.4 is 10.1 Å². The Balaban J connectivity index is 1.87. The van der Waals surface area contributed by atoms with E-state index in [1.54, 1.807) is 0 Å². The summed E-state index contributed by atoms with van der Waals surface area (Å²) in [7, 11) is 1.93. The van der Waals surface area contributed by atoms with Crippen LogP contribution in [0, 0.1) is 0 Å². The fourth-order valence-corrected chi connectivity index (χ4v) is 2.05. The van der Waals surface area contributed by atoms with Crippen molar-refractivity contribution in [3.8, 4) is 5.75 Å². The number of pyridine rings is 1. The van der Waals surface area contributed by atoms with E-state index < -0.39 is 0 Å². The molecule has 0 unspecified atom stereocenters. The molecule has 1 N–H and O–H groups in total. The van der Waals surface area contributed by atoms with E-state index in [0.717, 1.165) is 24.4 Å². The van der Waals surface area contributed by atoms with Crippen LogP contribution in [0.3, 0.4) is 0 Å². The van der Waals surface area contributed by atoms with Crippen molar-refractivity contribution in [1.82, 2.24) is 10.3 Å². The minimum Gasteiger partial charge on any atom is -0.487 e. The Hall–Kier alpha value is -1.87. The molecule has 0 saturated carbocycles. The van der Waals surface area contributed by atoms with E-state index >= 15 is 0 Å². The molecule has 0 spiro atoms. The number of rotatable bonds is 7. The number of ether oxygens (including phenoxy) is 1. The van der Waals surface area contributed by atoms with Crippen LogP contribution in [0.2, 0.25) is 0 Å². The Bertz CT molecular complexity index is 456. The van der Waals surface area contributed by atoms with Gasteiger partial charge < -0.3 is 10.1 Å². The minimum absolute atomic E-state index is 0.507. The smallest absolute Gasteiger partial charge is 0.130 e. The molecule has 1 heterocycles. The topological polar surface area (TPSA) is 34.1 Å². The van der Waals surface area contributed by atoms with Crippen LogP contribution in [0.15, 0.2) is 42.6 Å². The molecule has 0 radical (unpaired) electrons. The normalized spacial score (nSPS) is 10.5. The lowest BCUT2D eigenvalue weighted by atomic mass is 10.1. The lowest BCUT2D eigenvalue weighted by Crippen LogP contribution is -2.06. The summed E-state index contributed by atoms with van der Waals surface area (Å²) in [6.07, 6.45) is 4.18. The van der Waals surface area contributed by atoms with Crippen molar-refractivity contribution >= 4 is 0 Å². The van der Waals surface area contributed by atoms with Gasteiger partial charge in [0, 0.05) is 12.7 Å². The molecule has 0 atom stereocenters. The van der Waals surface area contributed by atoms with Gasteiger partial charge in [0.1, 0.15) is 12.4 Å². The first-order valence-corrected chi connectivity index (χ1v) is 7.12. The fourth-order valence-electron chi connectivity index (χ4n) is 2.05. The highest BCUT2D eigenvalue weighted by atomic mass is 16.5. The first-order chi connectivity index (χ1) is 9.81. The molecule has 3 nitrogen and oxygen atoms in total. The van der Waals surface area contributed by atoms with Gasteiger partial charge in [-0.1, -0.05) is 31.5 Å². The molecule has 3 heteroatoms. The zero-order valence-electron chi connectivity index (χ0n) is 12.2. The molecule has 0 aliphatic rings. The zero-order valence-corrected chi connectivity index (χ0v) is 12.2. The maximum atomic E-state index is 5.75. The first-order valence-electron chi connectivity index (χ1n) is 7.12. The molecule has 2 rings (SSSR count). The molecule has 1 aromatic heterocycles. The summed E-state index contributed by atoms with van der Waals surface area (Å²) < 4.78 is 5.75. The summed E-state index contributed by atoms with van der Waals surface area (Å²) in [4.78, 5) is 4.39. The third-order valence-electron chi connectivity index (χ3n) is 3.12. The van der Waals surface area contributed by atoms with Gasteiger partial charge in [-0.3, -0.25) is 4.98 Å². The third-order valence-corrected chi connectivity index (χ3v) is 3.12. The van der Waals surface area contributed by atoms with Crippen LogP contribution >= 0.6 is 0 Å². The van der Waals surface area contributed by atoms with Crippen molar-refractivity contribution in [2.45, 2.75) is 32.9 Å². The molecule has 20 heavy (non-hydrogen) atoms. The summed E-state index contributed by atoms with van der Waals surface area (Å²) in [6, 6.07) is 12.4. The predicted molar refractivity (Wildman–Crippen MR) is 81.8 cm³/mol. The van der Waals surface area contributed by atoms with Crippen molar-refractivity contribution in [3.05, 3.63) is 59.4 Å². The number of aromatic nitrogens is 1. The average molecular weight is 270 g/mol. The summed E-state index contributed by atoms with van der Waals surface area (Å²) in [5.74, 6) is 0.894. The van der Waals surface area contributed by atoms with Gasteiger partial charge in [-0.2, -0.15) is 0 Å². The van der Waals surface area contributed by atoms with E-state index in [1.807, 2.05) is 31.4 Å².